The summed E-state index contributed by atoms with van der Waals surface area (Å²) in [6.45, 7) is 4.30. The molecule has 0 aliphatic carbocycles. The van der Waals surface area contributed by atoms with Gasteiger partial charge in [-0.05, 0) is 30.0 Å². The van der Waals surface area contributed by atoms with Crippen molar-refractivity contribution in [1.82, 2.24) is 5.32 Å². The minimum Gasteiger partial charge on any atom is -0.495 e. The first kappa shape index (κ1) is 16.9. The van der Waals surface area contributed by atoms with Gasteiger partial charge in [-0.15, -0.1) is 0 Å². The van der Waals surface area contributed by atoms with Gasteiger partial charge in [0.2, 0.25) is 0 Å². The van der Waals surface area contributed by atoms with Gasteiger partial charge in [-0.3, -0.25) is 0 Å². The van der Waals surface area contributed by atoms with E-state index in [0.717, 1.165) is 12.0 Å². The molecule has 0 saturated carbocycles. The van der Waals surface area contributed by atoms with Crippen LogP contribution in [0.1, 0.15) is 31.9 Å². The topological polar surface area (TPSA) is 50.4 Å². The molecule has 1 unspecified atom stereocenters. The second kappa shape index (κ2) is 8.22. The molecule has 2 aromatic carbocycles. The Hall–Kier alpha value is -2.49. The third kappa shape index (κ3) is 5.02. The van der Waals surface area contributed by atoms with Crippen LogP contribution in [-0.2, 0) is 0 Å². The lowest BCUT2D eigenvalue weighted by Gasteiger charge is -2.21. The lowest BCUT2D eigenvalue weighted by atomic mass is 9.97. The first-order valence-corrected chi connectivity index (χ1v) is 7.85. The molecule has 23 heavy (non-hydrogen) atoms. The number of carbonyl (C=O) groups is 1. The van der Waals surface area contributed by atoms with Crippen molar-refractivity contribution in [2.75, 3.05) is 12.4 Å². The van der Waals surface area contributed by atoms with Gasteiger partial charge in [0.05, 0.1) is 18.8 Å². The number of methoxy groups -OCH3 is 1. The predicted molar refractivity (Wildman–Crippen MR) is 93.8 cm³/mol. The van der Waals surface area contributed by atoms with Crippen LogP contribution in [0.25, 0.3) is 0 Å². The molecular weight excluding hydrogens is 288 g/mol. The molecule has 2 rings (SSSR count). The van der Waals surface area contributed by atoms with Crippen LogP contribution < -0.4 is 15.4 Å². The molecule has 2 aromatic rings. The normalized spacial score (nSPS) is 11.8. The number of benzene rings is 2. The van der Waals surface area contributed by atoms with Crippen molar-refractivity contribution < 1.29 is 9.53 Å². The summed E-state index contributed by atoms with van der Waals surface area (Å²) >= 11 is 0. The van der Waals surface area contributed by atoms with Gasteiger partial charge in [0, 0.05) is 0 Å². The molecule has 0 aliphatic rings. The number of hydrogen-bond donors (Lipinski definition) is 2. The number of rotatable bonds is 6. The molecule has 2 N–H and O–H groups in total. The van der Waals surface area contributed by atoms with Crippen LogP contribution in [-0.4, -0.2) is 13.1 Å². The van der Waals surface area contributed by atoms with E-state index < -0.39 is 0 Å². The largest absolute Gasteiger partial charge is 0.495 e. The maximum absolute atomic E-state index is 12.4. The number of ether oxygens (including phenoxy) is 1. The van der Waals surface area contributed by atoms with Crippen LogP contribution in [0.3, 0.4) is 0 Å². The van der Waals surface area contributed by atoms with Crippen molar-refractivity contribution in [1.29, 1.82) is 0 Å². The lowest BCUT2D eigenvalue weighted by molar-refractivity contribution is 0.246. The van der Waals surface area contributed by atoms with Gasteiger partial charge < -0.3 is 15.4 Å². The van der Waals surface area contributed by atoms with Gasteiger partial charge in [0.15, 0.2) is 0 Å². The van der Waals surface area contributed by atoms with Gasteiger partial charge in [0.25, 0.3) is 0 Å². The number of carbonyl (C=O) groups excluding carboxylic acids is 1. The van der Waals surface area contributed by atoms with E-state index in [4.69, 9.17) is 4.74 Å². The summed E-state index contributed by atoms with van der Waals surface area (Å²) in [5.74, 6) is 1.12. The third-order valence-electron chi connectivity index (χ3n) is 3.57. The van der Waals surface area contributed by atoms with Crippen molar-refractivity contribution >= 4 is 11.7 Å². The van der Waals surface area contributed by atoms with E-state index in [1.54, 1.807) is 7.11 Å². The van der Waals surface area contributed by atoms with E-state index in [0.29, 0.717) is 17.4 Å². The van der Waals surface area contributed by atoms with Crippen LogP contribution in [0, 0.1) is 5.92 Å². The summed E-state index contributed by atoms with van der Waals surface area (Å²) in [5, 5.41) is 5.92. The number of para-hydroxylation sites is 2. The summed E-state index contributed by atoms with van der Waals surface area (Å²) in [6, 6.07) is 17.1. The molecule has 122 valence electrons. The molecule has 0 aromatic heterocycles. The van der Waals surface area contributed by atoms with E-state index in [-0.39, 0.29) is 12.1 Å². The van der Waals surface area contributed by atoms with Crippen LogP contribution in [0.4, 0.5) is 10.5 Å². The standard InChI is InChI=1S/C19H24N2O2/c1-14(2)13-17(15-9-5-4-6-10-15)21-19(22)20-16-11-7-8-12-18(16)23-3/h4-12,14,17H,13H2,1-3H3,(H2,20,21,22). The fourth-order valence-corrected chi connectivity index (χ4v) is 2.50. The minimum atomic E-state index is -0.232. The zero-order chi connectivity index (χ0) is 16.7. The number of anilines is 1. The Labute approximate surface area is 137 Å². The summed E-state index contributed by atoms with van der Waals surface area (Å²) in [4.78, 5) is 12.4. The number of nitrogens with one attached hydrogen (secondary N) is 2. The molecule has 1 atom stereocenters. The van der Waals surface area contributed by atoms with Crippen LogP contribution in [0.15, 0.2) is 54.6 Å². The fourth-order valence-electron chi connectivity index (χ4n) is 2.50. The van der Waals surface area contributed by atoms with Gasteiger partial charge in [-0.1, -0.05) is 56.3 Å². The smallest absolute Gasteiger partial charge is 0.319 e. The summed E-state index contributed by atoms with van der Waals surface area (Å²) in [7, 11) is 1.59. The summed E-state index contributed by atoms with van der Waals surface area (Å²) in [6.07, 6.45) is 0.878. The summed E-state index contributed by atoms with van der Waals surface area (Å²) < 4.78 is 5.26. The Bertz CT molecular complexity index is 626. The van der Waals surface area contributed by atoms with E-state index in [1.165, 1.54) is 0 Å². The highest BCUT2D eigenvalue weighted by Gasteiger charge is 2.16. The molecule has 0 fully saturated rings. The van der Waals surface area contributed by atoms with E-state index in [9.17, 15) is 4.79 Å². The summed E-state index contributed by atoms with van der Waals surface area (Å²) in [5.41, 5.74) is 1.76. The van der Waals surface area contributed by atoms with E-state index >= 15 is 0 Å². The Morgan fingerprint density at radius 1 is 1.04 bits per heavy atom. The predicted octanol–water partition coefficient (Wildman–Crippen LogP) is 4.60. The van der Waals surface area contributed by atoms with Gasteiger partial charge in [-0.2, -0.15) is 0 Å². The highest BCUT2D eigenvalue weighted by atomic mass is 16.5. The van der Waals surface area contributed by atoms with Crippen molar-refractivity contribution in [3.05, 3.63) is 60.2 Å². The molecule has 4 nitrogen and oxygen atoms in total. The lowest BCUT2D eigenvalue weighted by Crippen LogP contribution is -2.33. The molecule has 0 radical (unpaired) electrons. The molecule has 4 heteroatoms. The second-order valence-electron chi connectivity index (χ2n) is 5.89. The highest BCUT2D eigenvalue weighted by molar-refractivity contribution is 5.91. The van der Waals surface area contributed by atoms with Gasteiger partial charge >= 0.3 is 6.03 Å². The minimum absolute atomic E-state index is 0.0223. The van der Waals surface area contributed by atoms with Crippen LogP contribution in [0.2, 0.25) is 0 Å². The number of urea groups is 1. The van der Waals surface area contributed by atoms with Crippen LogP contribution in [0.5, 0.6) is 5.75 Å². The first-order valence-electron chi connectivity index (χ1n) is 7.85. The Morgan fingerprint density at radius 3 is 2.35 bits per heavy atom. The van der Waals surface area contributed by atoms with E-state index in [2.05, 4.69) is 24.5 Å². The maximum atomic E-state index is 12.4. The average molecular weight is 312 g/mol. The Balaban J connectivity index is 2.08. The molecule has 0 aliphatic heterocycles. The monoisotopic (exact) mass is 312 g/mol. The zero-order valence-corrected chi connectivity index (χ0v) is 13.9. The van der Waals surface area contributed by atoms with E-state index in [1.807, 2.05) is 54.6 Å². The maximum Gasteiger partial charge on any atom is 0.319 e. The van der Waals surface area contributed by atoms with Crippen LogP contribution >= 0.6 is 0 Å². The SMILES string of the molecule is COc1ccccc1NC(=O)NC(CC(C)C)c1ccccc1. The van der Waals surface area contributed by atoms with Gasteiger partial charge in [0.1, 0.15) is 5.75 Å². The molecular formula is C19H24N2O2. The fraction of sp³-hybridized carbons (Fsp3) is 0.316. The second-order valence-corrected chi connectivity index (χ2v) is 5.89. The van der Waals surface area contributed by atoms with Crippen molar-refractivity contribution in [3.8, 4) is 5.75 Å². The molecule has 0 spiro atoms. The number of amides is 2. The molecule has 2 amide bonds. The van der Waals surface area contributed by atoms with Crippen molar-refractivity contribution in [3.63, 3.8) is 0 Å². The van der Waals surface area contributed by atoms with Crippen molar-refractivity contribution in [2.45, 2.75) is 26.3 Å². The number of hydrogen-bond acceptors (Lipinski definition) is 2. The highest BCUT2D eigenvalue weighted by Crippen LogP contribution is 2.24. The third-order valence-corrected chi connectivity index (χ3v) is 3.57. The molecule has 0 saturated heterocycles. The Morgan fingerprint density at radius 2 is 1.70 bits per heavy atom. The first-order chi connectivity index (χ1) is 11.1. The van der Waals surface area contributed by atoms with Gasteiger partial charge in [-0.25, -0.2) is 4.79 Å². The molecule has 0 heterocycles. The average Bonchev–Trinajstić information content (AvgIpc) is 2.55. The zero-order valence-electron chi connectivity index (χ0n) is 13.9. The molecule has 0 bridgehead atoms. The van der Waals surface area contributed by atoms with Crippen molar-refractivity contribution in [2.24, 2.45) is 5.92 Å². The Kier molecular flexibility index (Phi) is 6.03. The quantitative estimate of drug-likeness (QED) is 0.818.